The van der Waals surface area contributed by atoms with Crippen LogP contribution in [0, 0.1) is 0 Å². The molecule has 1 aromatic rings. The van der Waals surface area contributed by atoms with Gasteiger partial charge in [0, 0.05) is 17.4 Å². The number of nitrogens with one attached hydrogen (secondary N) is 1. The fourth-order valence-corrected chi connectivity index (χ4v) is 1.71. The molecule has 0 spiro atoms. The van der Waals surface area contributed by atoms with Crippen molar-refractivity contribution in [2.45, 2.75) is 52.0 Å². The van der Waals surface area contributed by atoms with Crippen LogP contribution in [0.5, 0.6) is 0 Å². The van der Waals surface area contributed by atoms with Gasteiger partial charge in [0.1, 0.15) is 11.6 Å². The molecule has 2 rings (SSSR count). The average molecular weight is 249 g/mol. The Bertz CT molecular complexity index is 420. The average Bonchev–Trinajstić information content (AvgIpc) is 2.22. The predicted octanol–water partition coefficient (Wildman–Crippen LogP) is 2.71. The third-order valence-electron chi connectivity index (χ3n) is 3.02. The van der Waals surface area contributed by atoms with Gasteiger partial charge in [0.25, 0.3) is 0 Å². The molecule has 1 aromatic heterocycles. The molecule has 0 atom stereocenters. The molecule has 0 aromatic carbocycles. The van der Waals surface area contributed by atoms with Crippen molar-refractivity contribution in [3.63, 3.8) is 0 Å². The highest BCUT2D eigenvalue weighted by atomic mass is 16.5. The van der Waals surface area contributed by atoms with Crippen molar-refractivity contribution in [1.29, 1.82) is 0 Å². The summed E-state index contributed by atoms with van der Waals surface area (Å²) in [6, 6.07) is 2.46. The van der Waals surface area contributed by atoms with Crippen molar-refractivity contribution in [3.05, 3.63) is 17.6 Å². The Labute approximate surface area is 109 Å². The van der Waals surface area contributed by atoms with E-state index in [2.05, 4.69) is 56.0 Å². The first-order chi connectivity index (χ1) is 8.36. The van der Waals surface area contributed by atoms with E-state index < -0.39 is 0 Å². The van der Waals surface area contributed by atoms with E-state index in [9.17, 15) is 0 Å². The van der Waals surface area contributed by atoms with Gasteiger partial charge in [-0.1, -0.05) is 34.6 Å². The van der Waals surface area contributed by atoms with Gasteiger partial charge in [0.15, 0.2) is 0 Å². The molecular weight excluding hydrogens is 226 g/mol. The van der Waals surface area contributed by atoms with Gasteiger partial charge in [0.05, 0.1) is 24.9 Å². The number of aromatic nitrogens is 2. The third-order valence-corrected chi connectivity index (χ3v) is 3.02. The smallest absolute Gasteiger partial charge is 0.133 e. The summed E-state index contributed by atoms with van der Waals surface area (Å²) >= 11 is 0. The molecule has 0 saturated carbocycles. The molecule has 0 bridgehead atoms. The summed E-state index contributed by atoms with van der Waals surface area (Å²) in [7, 11) is 0. The second-order valence-electron chi connectivity index (χ2n) is 6.28. The molecular formula is C14H23N3O. The number of anilines is 1. The van der Waals surface area contributed by atoms with Gasteiger partial charge >= 0.3 is 0 Å². The lowest BCUT2D eigenvalue weighted by molar-refractivity contribution is 0.0209. The van der Waals surface area contributed by atoms with E-state index in [1.807, 2.05) is 0 Å². The lowest BCUT2D eigenvalue weighted by Crippen LogP contribution is -2.40. The molecule has 1 aliphatic heterocycles. The molecule has 0 aliphatic carbocycles. The van der Waals surface area contributed by atoms with Gasteiger partial charge in [-0.25, -0.2) is 9.97 Å². The van der Waals surface area contributed by atoms with Crippen LogP contribution >= 0.6 is 0 Å². The van der Waals surface area contributed by atoms with E-state index in [1.165, 1.54) is 0 Å². The minimum Gasteiger partial charge on any atom is -0.377 e. The van der Waals surface area contributed by atoms with Crippen molar-refractivity contribution < 1.29 is 4.74 Å². The maximum absolute atomic E-state index is 5.18. The second kappa shape index (κ2) is 4.84. The van der Waals surface area contributed by atoms with Crippen LogP contribution in [0.15, 0.2) is 6.07 Å². The number of rotatable bonds is 3. The fourth-order valence-electron chi connectivity index (χ4n) is 1.71. The summed E-state index contributed by atoms with van der Waals surface area (Å²) in [6.07, 6.45) is 0. The number of hydrogen-bond donors (Lipinski definition) is 1. The standard InChI is InChI=1S/C14H23N3O/c1-9(2)13-16-11(14(3,4)5)6-12(17-13)15-10-7-18-8-10/h6,9-10H,7-8H2,1-5H3,(H,15,16,17). The van der Waals surface area contributed by atoms with Crippen LogP contribution in [-0.2, 0) is 10.2 Å². The molecule has 4 heteroatoms. The molecule has 18 heavy (non-hydrogen) atoms. The molecule has 1 aliphatic rings. The number of hydrogen-bond acceptors (Lipinski definition) is 4. The van der Waals surface area contributed by atoms with E-state index in [-0.39, 0.29) is 5.41 Å². The summed E-state index contributed by atoms with van der Waals surface area (Å²) in [5.74, 6) is 2.17. The zero-order chi connectivity index (χ0) is 13.3. The Hall–Kier alpha value is -1.16. The monoisotopic (exact) mass is 249 g/mol. The summed E-state index contributed by atoms with van der Waals surface area (Å²) in [4.78, 5) is 9.26. The first kappa shape index (κ1) is 13.3. The summed E-state index contributed by atoms with van der Waals surface area (Å²) in [5, 5.41) is 3.41. The minimum absolute atomic E-state index is 0.0408. The van der Waals surface area contributed by atoms with Gasteiger partial charge in [-0.05, 0) is 0 Å². The van der Waals surface area contributed by atoms with Gasteiger partial charge < -0.3 is 10.1 Å². The predicted molar refractivity (Wildman–Crippen MR) is 73.1 cm³/mol. The van der Waals surface area contributed by atoms with E-state index in [1.54, 1.807) is 0 Å². The van der Waals surface area contributed by atoms with Crippen LogP contribution in [0.3, 0.4) is 0 Å². The molecule has 0 radical (unpaired) electrons. The van der Waals surface area contributed by atoms with E-state index in [4.69, 9.17) is 4.74 Å². The fraction of sp³-hybridized carbons (Fsp3) is 0.714. The molecule has 1 fully saturated rings. The SMILES string of the molecule is CC(C)c1nc(NC2COC2)cc(C(C)(C)C)n1. The van der Waals surface area contributed by atoms with E-state index in [0.29, 0.717) is 12.0 Å². The molecule has 0 amide bonds. The zero-order valence-corrected chi connectivity index (χ0v) is 11.9. The topological polar surface area (TPSA) is 47.0 Å². The highest BCUT2D eigenvalue weighted by Crippen LogP contribution is 2.25. The van der Waals surface area contributed by atoms with E-state index in [0.717, 1.165) is 30.5 Å². The molecule has 1 N–H and O–H groups in total. The summed E-state index contributed by atoms with van der Waals surface area (Å²) in [6.45, 7) is 12.3. The number of nitrogens with zero attached hydrogens (tertiary/aromatic N) is 2. The van der Waals surface area contributed by atoms with Gasteiger partial charge in [-0.15, -0.1) is 0 Å². The molecule has 1 saturated heterocycles. The maximum atomic E-state index is 5.18. The van der Waals surface area contributed by atoms with Crippen LogP contribution in [0.4, 0.5) is 5.82 Å². The van der Waals surface area contributed by atoms with Gasteiger partial charge in [-0.2, -0.15) is 0 Å². The lowest BCUT2D eigenvalue weighted by atomic mass is 9.91. The molecule has 100 valence electrons. The van der Waals surface area contributed by atoms with Crippen LogP contribution in [0.1, 0.15) is 52.1 Å². The summed E-state index contributed by atoms with van der Waals surface area (Å²) in [5.41, 5.74) is 1.13. The first-order valence-corrected chi connectivity index (χ1v) is 6.60. The highest BCUT2D eigenvalue weighted by molar-refractivity contribution is 5.40. The third kappa shape index (κ3) is 2.99. The second-order valence-corrected chi connectivity index (χ2v) is 6.28. The maximum Gasteiger partial charge on any atom is 0.133 e. The van der Waals surface area contributed by atoms with Gasteiger partial charge in [0.2, 0.25) is 0 Å². The highest BCUT2D eigenvalue weighted by Gasteiger charge is 2.22. The molecule has 2 heterocycles. The largest absolute Gasteiger partial charge is 0.377 e. The van der Waals surface area contributed by atoms with Crippen molar-refractivity contribution in [2.24, 2.45) is 0 Å². The number of ether oxygens (including phenoxy) is 1. The quantitative estimate of drug-likeness (QED) is 0.894. The lowest BCUT2D eigenvalue weighted by Gasteiger charge is -2.28. The van der Waals surface area contributed by atoms with Crippen LogP contribution in [0.25, 0.3) is 0 Å². The summed E-state index contributed by atoms with van der Waals surface area (Å²) < 4.78 is 5.18. The van der Waals surface area contributed by atoms with Crippen molar-refractivity contribution in [3.8, 4) is 0 Å². The first-order valence-electron chi connectivity index (χ1n) is 6.60. The van der Waals surface area contributed by atoms with Crippen molar-refractivity contribution in [1.82, 2.24) is 9.97 Å². The van der Waals surface area contributed by atoms with Crippen molar-refractivity contribution >= 4 is 5.82 Å². The van der Waals surface area contributed by atoms with E-state index >= 15 is 0 Å². The minimum atomic E-state index is 0.0408. The Morgan fingerprint density at radius 2 is 1.94 bits per heavy atom. The normalized spacial score (nSPS) is 16.8. The van der Waals surface area contributed by atoms with Crippen molar-refractivity contribution in [2.75, 3.05) is 18.5 Å². The van der Waals surface area contributed by atoms with Crippen LogP contribution < -0.4 is 5.32 Å². The Morgan fingerprint density at radius 3 is 2.39 bits per heavy atom. The van der Waals surface area contributed by atoms with Crippen LogP contribution in [0.2, 0.25) is 0 Å². The molecule has 0 unspecified atom stereocenters. The Balaban J connectivity index is 2.29. The van der Waals surface area contributed by atoms with Crippen LogP contribution in [-0.4, -0.2) is 29.2 Å². The Kier molecular flexibility index (Phi) is 3.57. The zero-order valence-electron chi connectivity index (χ0n) is 11.9. The Morgan fingerprint density at radius 1 is 1.28 bits per heavy atom. The molecule has 4 nitrogen and oxygen atoms in total. The van der Waals surface area contributed by atoms with Gasteiger partial charge in [-0.3, -0.25) is 0 Å².